The average molecular weight is 370 g/mol. The first-order valence-electron chi connectivity index (χ1n) is 8.20. The highest BCUT2D eigenvalue weighted by Crippen LogP contribution is 2.18. The van der Waals surface area contributed by atoms with E-state index in [0.29, 0.717) is 5.82 Å². The molecule has 2 heterocycles. The normalized spacial score (nSPS) is 12.5. The van der Waals surface area contributed by atoms with Crippen LogP contribution in [0.25, 0.3) is 11.7 Å². The van der Waals surface area contributed by atoms with Gasteiger partial charge < -0.3 is 5.32 Å². The topological polar surface area (TPSA) is 59.3 Å². The van der Waals surface area contributed by atoms with Gasteiger partial charge in [-0.1, -0.05) is 18.2 Å². The van der Waals surface area contributed by atoms with E-state index in [1.165, 1.54) is 18.2 Å². The Labute approximate surface area is 155 Å². The Hall–Kier alpha value is -2.67. The van der Waals surface area contributed by atoms with Gasteiger partial charge in [0.25, 0.3) is 0 Å². The van der Waals surface area contributed by atoms with Gasteiger partial charge in [0, 0.05) is 12.3 Å². The van der Waals surface area contributed by atoms with E-state index in [9.17, 15) is 9.18 Å². The van der Waals surface area contributed by atoms with Crippen molar-refractivity contribution < 1.29 is 9.18 Å². The molecule has 1 unspecified atom stereocenters. The third-order valence-corrected chi connectivity index (χ3v) is 4.52. The zero-order chi connectivity index (χ0) is 18.4. The summed E-state index contributed by atoms with van der Waals surface area (Å²) < 4.78 is 14.8. The number of rotatable bonds is 7. The largest absolute Gasteiger partial charge is 0.342 e. The zero-order valence-electron chi connectivity index (χ0n) is 14.3. The smallest absolute Gasteiger partial charge is 0.244 e. The summed E-state index contributed by atoms with van der Waals surface area (Å²) in [5, 5.41) is 11.4. The molecule has 0 aliphatic carbocycles. The zero-order valence-corrected chi connectivity index (χ0v) is 15.1. The van der Waals surface area contributed by atoms with Crippen LogP contribution >= 0.6 is 11.8 Å². The van der Waals surface area contributed by atoms with Gasteiger partial charge in [-0.2, -0.15) is 11.8 Å². The summed E-state index contributed by atoms with van der Waals surface area (Å²) in [6.45, 7) is 0. The second-order valence-corrected chi connectivity index (χ2v) is 6.70. The molecule has 0 spiro atoms. The van der Waals surface area contributed by atoms with Crippen molar-refractivity contribution >= 4 is 29.4 Å². The van der Waals surface area contributed by atoms with Crippen LogP contribution < -0.4 is 5.32 Å². The van der Waals surface area contributed by atoms with E-state index in [4.69, 9.17) is 0 Å². The Kier molecular flexibility index (Phi) is 6.01. The first-order valence-corrected chi connectivity index (χ1v) is 9.59. The number of halogens is 1. The lowest BCUT2D eigenvalue weighted by molar-refractivity contribution is -0.117. The van der Waals surface area contributed by atoms with Crippen LogP contribution in [0.3, 0.4) is 0 Å². The Balaban J connectivity index is 1.75. The number of carbonyl (C=O) groups excluding carboxylic acids is 1. The molecule has 2 aromatic heterocycles. The summed E-state index contributed by atoms with van der Waals surface area (Å²) in [5.41, 5.74) is 1.50. The molecule has 1 aromatic carbocycles. The van der Waals surface area contributed by atoms with Gasteiger partial charge in [-0.15, -0.1) is 10.2 Å². The lowest BCUT2D eigenvalue weighted by Gasteiger charge is -2.15. The maximum atomic E-state index is 12.9. The molecule has 1 amide bonds. The number of nitrogens with zero attached hydrogens (tertiary/aromatic N) is 3. The van der Waals surface area contributed by atoms with Crippen molar-refractivity contribution in [3.8, 4) is 0 Å². The molecule has 1 atom stereocenters. The average Bonchev–Trinajstić information content (AvgIpc) is 3.09. The van der Waals surface area contributed by atoms with Gasteiger partial charge >= 0.3 is 0 Å². The van der Waals surface area contributed by atoms with Gasteiger partial charge in [0.2, 0.25) is 5.91 Å². The first-order chi connectivity index (χ1) is 12.7. The van der Waals surface area contributed by atoms with E-state index in [1.807, 2.05) is 35.1 Å². The van der Waals surface area contributed by atoms with Crippen LogP contribution in [0.15, 0.2) is 54.7 Å². The molecule has 7 heteroatoms. The van der Waals surface area contributed by atoms with Crippen LogP contribution in [0.2, 0.25) is 0 Å². The Morgan fingerprint density at radius 3 is 2.85 bits per heavy atom. The number of fused-ring (bicyclic) bond motifs is 1. The summed E-state index contributed by atoms with van der Waals surface area (Å²) in [7, 11) is 0. The van der Waals surface area contributed by atoms with Crippen molar-refractivity contribution in [1.82, 2.24) is 19.9 Å². The van der Waals surface area contributed by atoms with E-state index in [2.05, 4.69) is 15.5 Å². The number of carbonyl (C=O) groups is 1. The molecule has 3 aromatic rings. The molecule has 5 nitrogen and oxygen atoms in total. The first kappa shape index (κ1) is 18.1. The maximum absolute atomic E-state index is 12.9. The van der Waals surface area contributed by atoms with E-state index in [1.54, 1.807) is 30.0 Å². The molecule has 1 N–H and O–H groups in total. The summed E-state index contributed by atoms with van der Waals surface area (Å²) in [4.78, 5) is 12.4. The Morgan fingerprint density at radius 1 is 1.27 bits per heavy atom. The lowest BCUT2D eigenvalue weighted by atomic mass is 10.2. The molecule has 0 aliphatic heterocycles. The van der Waals surface area contributed by atoms with Crippen LogP contribution in [0.4, 0.5) is 4.39 Å². The molecule has 26 heavy (non-hydrogen) atoms. The monoisotopic (exact) mass is 370 g/mol. The predicted octanol–water partition coefficient (Wildman–Crippen LogP) is 3.49. The summed E-state index contributed by atoms with van der Waals surface area (Å²) >= 11 is 1.71. The molecule has 0 radical (unpaired) electrons. The number of thioether (sulfide) groups is 1. The molecule has 0 fully saturated rings. The Bertz CT molecular complexity index is 907. The van der Waals surface area contributed by atoms with Gasteiger partial charge in [0.1, 0.15) is 5.82 Å². The van der Waals surface area contributed by atoms with Crippen molar-refractivity contribution in [3.63, 3.8) is 0 Å². The van der Waals surface area contributed by atoms with Gasteiger partial charge in [0.05, 0.1) is 6.04 Å². The molecule has 134 valence electrons. The van der Waals surface area contributed by atoms with Crippen LogP contribution in [0, 0.1) is 5.82 Å². The quantitative estimate of drug-likeness (QED) is 0.647. The van der Waals surface area contributed by atoms with Crippen LogP contribution in [-0.4, -0.2) is 32.5 Å². The third-order valence-electron chi connectivity index (χ3n) is 3.88. The minimum Gasteiger partial charge on any atom is -0.342 e. The fraction of sp³-hybridized carbons (Fsp3) is 0.211. The van der Waals surface area contributed by atoms with Crippen molar-refractivity contribution in [2.24, 2.45) is 0 Å². The van der Waals surface area contributed by atoms with Crippen molar-refractivity contribution in [1.29, 1.82) is 0 Å². The van der Waals surface area contributed by atoms with Crippen LogP contribution in [0.1, 0.15) is 23.9 Å². The third kappa shape index (κ3) is 4.49. The van der Waals surface area contributed by atoms with Crippen molar-refractivity contribution in [2.75, 3.05) is 12.0 Å². The number of nitrogens with one attached hydrogen (secondary N) is 1. The highest BCUT2D eigenvalue weighted by atomic mass is 32.2. The highest BCUT2D eigenvalue weighted by molar-refractivity contribution is 7.98. The number of pyridine rings is 1. The number of amides is 1. The minimum atomic E-state index is -0.303. The second kappa shape index (κ2) is 8.62. The van der Waals surface area contributed by atoms with E-state index in [0.717, 1.165) is 23.4 Å². The number of aromatic nitrogens is 3. The second-order valence-electron chi connectivity index (χ2n) is 5.71. The molecule has 0 bridgehead atoms. The van der Waals surface area contributed by atoms with Crippen molar-refractivity contribution in [2.45, 2.75) is 12.5 Å². The van der Waals surface area contributed by atoms with Crippen LogP contribution in [-0.2, 0) is 4.79 Å². The van der Waals surface area contributed by atoms with Gasteiger partial charge in [0.15, 0.2) is 11.5 Å². The fourth-order valence-electron chi connectivity index (χ4n) is 2.56. The van der Waals surface area contributed by atoms with Crippen LogP contribution in [0.5, 0.6) is 0 Å². The molecular weight excluding hydrogens is 351 g/mol. The fourth-order valence-corrected chi connectivity index (χ4v) is 3.04. The summed E-state index contributed by atoms with van der Waals surface area (Å²) in [5.74, 6) is 1.06. The summed E-state index contributed by atoms with van der Waals surface area (Å²) in [6, 6.07) is 11.4. The predicted molar refractivity (Wildman–Crippen MR) is 102 cm³/mol. The highest BCUT2D eigenvalue weighted by Gasteiger charge is 2.19. The molecular formula is C19H19FN4OS. The molecule has 3 rings (SSSR count). The molecule has 0 saturated heterocycles. The van der Waals surface area contributed by atoms with Crippen molar-refractivity contribution in [3.05, 3.63) is 71.9 Å². The van der Waals surface area contributed by atoms with E-state index < -0.39 is 0 Å². The summed E-state index contributed by atoms with van der Waals surface area (Å²) in [6.07, 6.45) is 7.75. The van der Waals surface area contributed by atoms with Gasteiger partial charge in [-0.25, -0.2) is 4.39 Å². The number of hydrogen-bond acceptors (Lipinski definition) is 4. The van der Waals surface area contributed by atoms with Gasteiger partial charge in [-0.3, -0.25) is 9.20 Å². The van der Waals surface area contributed by atoms with E-state index >= 15 is 0 Å². The molecule has 0 aliphatic rings. The minimum absolute atomic E-state index is 0.229. The SMILES string of the molecule is CSCCC(NC(=O)/C=C\c1ccc(F)cc1)c1nnc2ccccn12. The number of benzene rings is 1. The van der Waals surface area contributed by atoms with Gasteiger partial charge in [-0.05, 0) is 54.3 Å². The Morgan fingerprint density at radius 2 is 2.08 bits per heavy atom. The standard InChI is InChI=1S/C19H19FN4OS/c1-26-13-11-16(19-23-22-17-4-2-3-12-24(17)19)21-18(25)10-7-14-5-8-15(20)9-6-14/h2-10,12,16H,11,13H2,1H3,(H,21,25)/b10-7-. The lowest BCUT2D eigenvalue weighted by Crippen LogP contribution is -2.29. The van der Waals surface area contributed by atoms with E-state index in [-0.39, 0.29) is 17.8 Å². The number of hydrogen-bond donors (Lipinski definition) is 1. The molecule has 0 saturated carbocycles. The maximum Gasteiger partial charge on any atom is 0.244 e.